The highest BCUT2D eigenvalue weighted by atomic mass is 16.2. The van der Waals surface area contributed by atoms with Crippen molar-refractivity contribution in [3.8, 4) is 12.3 Å². The minimum absolute atomic E-state index is 0.283. The van der Waals surface area contributed by atoms with Crippen molar-refractivity contribution in [1.29, 1.82) is 0 Å². The Balaban J connectivity index is 1.67. The number of rotatable bonds is 3. The normalized spacial score (nSPS) is 12.0. The van der Waals surface area contributed by atoms with Gasteiger partial charge in [0.25, 0.3) is 11.5 Å². The first-order chi connectivity index (χ1) is 13.1. The van der Waals surface area contributed by atoms with Crippen molar-refractivity contribution < 1.29 is 4.79 Å². The smallest absolute Gasteiger partial charge is 0.257 e. The summed E-state index contributed by atoms with van der Waals surface area (Å²) in [6.45, 7) is 1.79. The van der Waals surface area contributed by atoms with Crippen LogP contribution in [0.1, 0.15) is 34.6 Å². The number of carbonyl (C=O) groups is 1. The van der Waals surface area contributed by atoms with Gasteiger partial charge in [-0.05, 0) is 30.5 Å². The lowest BCUT2D eigenvalue weighted by Gasteiger charge is -2.14. The van der Waals surface area contributed by atoms with E-state index in [0.29, 0.717) is 27.9 Å². The lowest BCUT2D eigenvalue weighted by Crippen LogP contribution is -2.28. The van der Waals surface area contributed by atoms with Crippen molar-refractivity contribution in [2.45, 2.75) is 13.0 Å². The standard InChI is InChI=1S/C20H15N5O2/c1-3-13-6-4-7-14-10-16(24-20(27)17(13)14)12(2)23-19(26)15-11-22-25-9-5-8-21-18(15)25/h1,4-12H,2H3,(H,23,26)(H,24,27)/t12-/m0/s1. The Morgan fingerprint density at radius 1 is 1.37 bits per heavy atom. The molecule has 0 bridgehead atoms. The molecule has 3 heterocycles. The van der Waals surface area contributed by atoms with Crippen LogP contribution >= 0.6 is 0 Å². The van der Waals surface area contributed by atoms with Crippen molar-refractivity contribution in [3.05, 3.63) is 76.1 Å². The number of aromatic amines is 1. The van der Waals surface area contributed by atoms with E-state index >= 15 is 0 Å². The summed E-state index contributed by atoms with van der Waals surface area (Å²) in [5.41, 5.74) is 1.66. The summed E-state index contributed by atoms with van der Waals surface area (Å²) in [4.78, 5) is 32.1. The molecule has 0 aliphatic rings. The number of nitrogens with one attached hydrogen (secondary N) is 2. The fraction of sp³-hybridized carbons (Fsp3) is 0.100. The fourth-order valence-corrected chi connectivity index (χ4v) is 3.03. The van der Waals surface area contributed by atoms with E-state index in [0.717, 1.165) is 5.39 Å². The van der Waals surface area contributed by atoms with Crippen LogP contribution in [0.3, 0.4) is 0 Å². The lowest BCUT2D eigenvalue weighted by atomic mass is 10.0. The first-order valence-corrected chi connectivity index (χ1v) is 8.30. The van der Waals surface area contributed by atoms with E-state index < -0.39 is 6.04 Å². The van der Waals surface area contributed by atoms with Crippen LogP contribution in [0.4, 0.5) is 0 Å². The van der Waals surface area contributed by atoms with Crippen molar-refractivity contribution in [3.63, 3.8) is 0 Å². The zero-order chi connectivity index (χ0) is 19.0. The number of nitrogens with zero attached hydrogens (tertiary/aromatic N) is 3. The van der Waals surface area contributed by atoms with E-state index in [1.54, 1.807) is 37.5 Å². The van der Waals surface area contributed by atoms with Gasteiger partial charge >= 0.3 is 0 Å². The molecule has 3 aromatic heterocycles. The zero-order valence-corrected chi connectivity index (χ0v) is 14.4. The molecule has 0 saturated heterocycles. The maximum atomic E-state index is 12.6. The van der Waals surface area contributed by atoms with Crippen LogP contribution in [0.2, 0.25) is 0 Å². The van der Waals surface area contributed by atoms with Crippen molar-refractivity contribution >= 4 is 22.3 Å². The lowest BCUT2D eigenvalue weighted by molar-refractivity contribution is 0.0940. The van der Waals surface area contributed by atoms with Gasteiger partial charge in [0.05, 0.1) is 17.6 Å². The molecule has 27 heavy (non-hydrogen) atoms. The molecule has 4 aromatic rings. The Morgan fingerprint density at radius 3 is 3.04 bits per heavy atom. The Bertz CT molecular complexity index is 1280. The molecule has 0 fully saturated rings. The number of aromatic nitrogens is 4. The number of pyridine rings is 1. The molecule has 1 aromatic carbocycles. The third-order valence-corrected chi connectivity index (χ3v) is 4.39. The van der Waals surface area contributed by atoms with E-state index in [1.807, 2.05) is 12.1 Å². The highest BCUT2D eigenvalue weighted by Crippen LogP contribution is 2.18. The molecule has 1 amide bonds. The molecular formula is C20H15N5O2. The van der Waals surface area contributed by atoms with Crippen LogP contribution < -0.4 is 10.9 Å². The molecule has 0 spiro atoms. The molecule has 2 N–H and O–H groups in total. The molecule has 7 heteroatoms. The summed E-state index contributed by atoms with van der Waals surface area (Å²) < 4.78 is 1.53. The van der Waals surface area contributed by atoms with Crippen LogP contribution in [0, 0.1) is 12.3 Å². The SMILES string of the molecule is C#Cc1cccc2cc([C@H](C)NC(=O)c3cnn4cccnc34)[nH]c(=O)c12. The third-order valence-electron chi connectivity index (χ3n) is 4.39. The van der Waals surface area contributed by atoms with Crippen LogP contribution in [0.25, 0.3) is 16.4 Å². The van der Waals surface area contributed by atoms with Gasteiger partial charge in [-0.25, -0.2) is 9.50 Å². The van der Waals surface area contributed by atoms with E-state index in [2.05, 4.69) is 26.3 Å². The zero-order valence-electron chi connectivity index (χ0n) is 14.4. The Morgan fingerprint density at radius 2 is 2.22 bits per heavy atom. The van der Waals surface area contributed by atoms with Crippen molar-refractivity contribution in [1.82, 2.24) is 24.9 Å². The van der Waals surface area contributed by atoms with Crippen LogP contribution in [0.5, 0.6) is 0 Å². The summed E-state index contributed by atoms with van der Waals surface area (Å²) in [5, 5.41) is 8.17. The van der Waals surface area contributed by atoms with Gasteiger partial charge in [0.1, 0.15) is 5.56 Å². The molecule has 0 aliphatic carbocycles. The van der Waals surface area contributed by atoms with Gasteiger partial charge in [0.2, 0.25) is 0 Å². The Hall–Kier alpha value is -3.92. The second-order valence-electron chi connectivity index (χ2n) is 6.11. The Kier molecular flexibility index (Phi) is 3.94. The second kappa shape index (κ2) is 6.42. The van der Waals surface area contributed by atoms with Gasteiger partial charge in [-0.1, -0.05) is 18.1 Å². The maximum absolute atomic E-state index is 12.6. The summed E-state index contributed by atoms with van der Waals surface area (Å²) in [6, 6.07) is 8.46. The maximum Gasteiger partial charge on any atom is 0.257 e. The summed E-state index contributed by atoms with van der Waals surface area (Å²) in [7, 11) is 0. The number of hydrogen-bond acceptors (Lipinski definition) is 4. The first kappa shape index (κ1) is 16.5. The number of carbonyl (C=O) groups excluding carboxylic acids is 1. The van der Waals surface area contributed by atoms with Gasteiger partial charge in [0, 0.05) is 23.7 Å². The molecule has 7 nitrogen and oxygen atoms in total. The highest BCUT2D eigenvalue weighted by molar-refractivity contribution is 5.99. The monoisotopic (exact) mass is 357 g/mol. The number of hydrogen-bond donors (Lipinski definition) is 2. The minimum atomic E-state index is -0.428. The van der Waals surface area contributed by atoms with E-state index in [-0.39, 0.29) is 11.5 Å². The minimum Gasteiger partial charge on any atom is -0.344 e. The van der Waals surface area contributed by atoms with Gasteiger partial charge in [0.15, 0.2) is 5.65 Å². The average molecular weight is 357 g/mol. The van der Waals surface area contributed by atoms with Crippen LogP contribution in [0.15, 0.2) is 53.7 Å². The number of H-pyrrole nitrogens is 1. The topological polar surface area (TPSA) is 92.2 Å². The van der Waals surface area contributed by atoms with Crippen molar-refractivity contribution in [2.24, 2.45) is 0 Å². The largest absolute Gasteiger partial charge is 0.344 e. The number of benzene rings is 1. The summed E-state index contributed by atoms with van der Waals surface area (Å²) in [5.74, 6) is 2.20. The predicted octanol–water partition coefficient (Wildman–Crippen LogP) is 2.04. The molecule has 4 rings (SSSR count). The quantitative estimate of drug-likeness (QED) is 0.549. The molecule has 0 aliphatic heterocycles. The Labute approximate surface area is 154 Å². The predicted molar refractivity (Wildman–Crippen MR) is 101 cm³/mol. The van der Waals surface area contributed by atoms with Crippen LogP contribution in [-0.2, 0) is 0 Å². The van der Waals surface area contributed by atoms with Crippen LogP contribution in [-0.4, -0.2) is 25.5 Å². The highest BCUT2D eigenvalue weighted by Gasteiger charge is 2.18. The molecule has 0 saturated carbocycles. The van der Waals surface area contributed by atoms with E-state index in [9.17, 15) is 9.59 Å². The fourth-order valence-electron chi connectivity index (χ4n) is 3.03. The van der Waals surface area contributed by atoms with Gasteiger partial charge in [-0.15, -0.1) is 6.42 Å². The van der Waals surface area contributed by atoms with Gasteiger partial charge < -0.3 is 10.3 Å². The van der Waals surface area contributed by atoms with Crippen molar-refractivity contribution in [2.75, 3.05) is 0 Å². The van der Waals surface area contributed by atoms with Gasteiger partial charge in [-0.2, -0.15) is 5.10 Å². The molecule has 132 valence electrons. The average Bonchev–Trinajstić information content (AvgIpc) is 3.11. The van der Waals surface area contributed by atoms with Gasteiger partial charge in [-0.3, -0.25) is 9.59 Å². The third kappa shape index (κ3) is 2.83. The number of fused-ring (bicyclic) bond motifs is 2. The van der Waals surface area contributed by atoms with E-state index in [4.69, 9.17) is 6.42 Å². The summed E-state index contributed by atoms with van der Waals surface area (Å²) in [6.07, 6.45) is 10.3. The molecular weight excluding hydrogens is 342 g/mol. The van der Waals surface area contributed by atoms with E-state index in [1.165, 1.54) is 10.7 Å². The summed E-state index contributed by atoms with van der Waals surface area (Å²) >= 11 is 0. The molecule has 1 atom stereocenters. The second-order valence-corrected chi connectivity index (χ2v) is 6.11. The molecule has 0 radical (unpaired) electrons. The number of amides is 1. The molecule has 0 unspecified atom stereocenters. The number of terminal acetylenes is 1. The first-order valence-electron chi connectivity index (χ1n) is 8.30.